The lowest BCUT2D eigenvalue weighted by Gasteiger charge is -2.12. The maximum atomic E-state index is 11.5. The molecule has 22 heavy (non-hydrogen) atoms. The summed E-state index contributed by atoms with van der Waals surface area (Å²) in [5.74, 6) is 0.748. The minimum atomic E-state index is -0.984. The molecule has 0 aromatic heterocycles. The summed E-state index contributed by atoms with van der Waals surface area (Å²) in [6.07, 6.45) is 0.588. The molecule has 2 aromatic carbocycles. The summed E-state index contributed by atoms with van der Waals surface area (Å²) >= 11 is 4.16. The summed E-state index contributed by atoms with van der Waals surface area (Å²) in [7, 11) is 1.61. The first-order valence-corrected chi connectivity index (χ1v) is 7.50. The van der Waals surface area contributed by atoms with Crippen molar-refractivity contribution in [2.24, 2.45) is 0 Å². The average molecular weight is 318 g/mol. The zero-order chi connectivity index (χ0) is 15.9. The SMILES string of the molecule is COc1ccc(COc2cccc(CCS)c2C(=O)O)cc1. The van der Waals surface area contributed by atoms with Crippen LogP contribution in [0.15, 0.2) is 42.5 Å². The molecule has 0 atom stereocenters. The Morgan fingerprint density at radius 1 is 1.18 bits per heavy atom. The molecule has 0 aliphatic carbocycles. The van der Waals surface area contributed by atoms with E-state index in [1.54, 1.807) is 25.3 Å². The number of rotatable bonds is 7. The lowest BCUT2D eigenvalue weighted by molar-refractivity contribution is 0.0690. The molecule has 0 unspecified atom stereocenters. The maximum Gasteiger partial charge on any atom is 0.339 e. The van der Waals surface area contributed by atoms with E-state index in [2.05, 4.69) is 12.6 Å². The van der Waals surface area contributed by atoms with E-state index in [4.69, 9.17) is 9.47 Å². The van der Waals surface area contributed by atoms with Crippen molar-refractivity contribution in [1.29, 1.82) is 0 Å². The van der Waals surface area contributed by atoms with Crippen LogP contribution < -0.4 is 9.47 Å². The number of aromatic carboxylic acids is 1. The van der Waals surface area contributed by atoms with E-state index in [9.17, 15) is 9.90 Å². The highest BCUT2D eigenvalue weighted by atomic mass is 32.1. The van der Waals surface area contributed by atoms with Gasteiger partial charge in [-0.15, -0.1) is 0 Å². The normalized spacial score (nSPS) is 10.3. The summed E-state index contributed by atoms with van der Waals surface area (Å²) < 4.78 is 10.8. The third kappa shape index (κ3) is 3.95. The number of hydrogen-bond donors (Lipinski definition) is 2. The molecule has 0 aliphatic rings. The van der Waals surface area contributed by atoms with Crippen LogP contribution in [-0.4, -0.2) is 23.9 Å². The fourth-order valence-corrected chi connectivity index (χ4v) is 2.39. The molecule has 4 nitrogen and oxygen atoms in total. The monoisotopic (exact) mass is 318 g/mol. The molecule has 2 aromatic rings. The summed E-state index contributed by atoms with van der Waals surface area (Å²) in [5.41, 5.74) is 1.89. The smallest absolute Gasteiger partial charge is 0.339 e. The van der Waals surface area contributed by atoms with E-state index in [1.165, 1.54) is 0 Å². The van der Waals surface area contributed by atoms with Crippen LogP contribution in [0.25, 0.3) is 0 Å². The zero-order valence-corrected chi connectivity index (χ0v) is 13.2. The molecule has 2 rings (SSSR count). The number of methoxy groups -OCH3 is 1. The van der Waals surface area contributed by atoms with Crippen molar-refractivity contribution >= 4 is 18.6 Å². The molecule has 0 aliphatic heterocycles. The Morgan fingerprint density at radius 2 is 1.91 bits per heavy atom. The van der Waals surface area contributed by atoms with Gasteiger partial charge in [-0.3, -0.25) is 0 Å². The van der Waals surface area contributed by atoms with Gasteiger partial charge in [0.05, 0.1) is 7.11 Å². The van der Waals surface area contributed by atoms with E-state index in [0.717, 1.165) is 16.9 Å². The lowest BCUT2D eigenvalue weighted by Crippen LogP contribution is -2.07. The summed E-state index contributed by atoms with van der Waals surface area (Å²) in [5, 5.41) is 9.42. The third-order valence-electron chi connectivity index (χ3n) is 3.26. The molecule has 0 fully saturated rings. The van der Waals surface area contributed by atoms with Crippen LogP contribution >= 0.6 is 12.6 Å². The molecular formula is C17H18O4S. The summed E-state index contributed by atoms with van der Waals surface area (Å²) in [4.78, 5) is 11.5. The number of carboxylic acids is 1. The molecule has 0 radical (unpaired) electrons. The van der Waals surface area contributed by atoms with E-state index in [0.29, 0.717) is 24.5 Å². The van der Waals surface area contributed by atoms with Crippen molar-refractivity contribution in [3.8, 4) is 11.5 Å². The minimum Gasteiger partial charge on any atom is -0.497 e. The van der Waals surface area contributed by atoms with Gasteiger partial charge in [0.15, 0.2) is 0 Å². The molecule has 0 heterocycles. The second kappa shape index (κ2) is 7.75. The Balaban J connectivity index is 2.17. The Bertz CT molecular complexity index is 638. The van der Waals surface area contributed by atoms with Gasteiger partial charge in [0.2, 0.25) is 0 Å². The molecule has 0 spiro atoms. The highest BCUT2D eigenvalue weighted by Gasteiger charge is 2.16. The fourth-order valence-electron chi connectivity index (χ4n) is 2.15. The van der Waals surface area contributed by atoms with Crippen molar-refractivity contribution in [3.05, 3.63) is 59.2 Å². The first-order valence-electron chi connectivity index (χ1n) is 6.87. The van der Waals surface area contributed by atoms with Gasteiger partial charge in [-0.25, -0.2) is 4.79 Å². The van der Waals surface area contributed by atoms with Gasteiger partial charge in [0, 0.05) is 0 Å². The largest absolute Gasteiger partial charge is 0.497 e. The van der Waals surface area contributed by atoms with E-state index in [1.807, 2.05) is 24.3 Å². The van der Waals surface area contributed by atoms with Gasteiger partial charge in [-0.05, 0) is 41.5 Å². The Morgan fingerprint density at radius 3 is 2.50 bits per heavy atom. The van der Waals surface area contributed by atoms with Gasteiger partial charge < -0.3 is 14.6 Å². The topological polar surface area (TPSA) is 55.8 Å². The number of carbonyl (C=O) groups is 1. The van der Waals surface area contributed by atoms with Crippen LogP contribution in [0, 0.1) is 0 Å². The van der Waals surface area contributed by atoms with Crippen molar-refractivity contribution in [2.75, 3.05) is 12.9 Å². The van der Waals surface area contributed by atoms with Gasteiger partial charge in [-0.2, -0.15) is 12.6 Å². The first-order chi connectivity index (χ1) is 10.7. The van der Waals surface area contributed by atoms with E-state index < -0.39 is 5.97 Å². The van der Waals surface area contributed by atoms with E-state index in [-0.39, 0.29) is 5.56 Å². The van der Waals surface area contributed by atoms with Crippen molar-refractivity contribution in [1.82, 2.24) is 0 Å². The third-order valence-corrected chi connectivity index (χ3v) is 3.48. The van der Waals surface area contributed by atoms with Gasteiger partial charge in [-0.1, -0.05) is 24.3 Å². The molecule has 0 amide bonds. The quantitative estimate of drug-likeness (QED) is 0.768. The number of carboxylic acid groups (broad SMARTS) is 1. The number of benzene rings is 2. The Labute approximate surface area is 135 Å². The van der Waals surface area contributed by atoms with Gasteiger partial charge in [0.25, 0.3) is 0 Å². The molecule has 0 bridgehead atoms. The van der Waals surface area contributed by atoms with Crippen molar-refractivity contribution in [2.45, 2.75) is 13.0 Å². The van der Waals surface area contributed by atoms with Gasteiger partial charge >= 0.3 is 5.97 Å². The number of hydrogen-bond acceptors (Lipinski definition) is 4. The van der Waals surface area contributed by atoms with Gasteiger partial charge in [0.1, 0.15) is 23.7 Å². The van der Waals surface area contributed by atoms with Crippen molar-refractivity contribution in [3.63, 3.8) is 0 Å². The van der Waals surface area contributed by atoms with E-state index >= 15 is 0 Å². The van der Waals surface area contributed by atoms with Crippen LogP contribution in [0.1, 0.15) is 21.5 Å². The number of ether oxygens (including phenoxy) is 2. The van der Waals surface area contributed by atoms with Crippen LogP contribution in [0.3, 0.4) is 0 Å². The predicted octanol–water partition coefficient (Wildman–Crippen LogP) is 3.44. The molecule has 1 N–H and O–H groups in total. The van der Waals surface area contributed by atoms with Crippen LogP contribution in [0.5, 0.6) is 11.5 Å². The first kappa shape index (κ1) is 16.2. The minimum absolute atomic E-state index is 0.213. The summed E-state index contributed by atoms with van der Waals surface area (Å²) in [6, 6.07) is 12.7. The number of thiol groups is 1. The zero-order valence-electron chi connectivity index (χ0n) is 12.3. The standard InChI is InChI=1S/C17H18O4S/c1-20-14-7-5-12(6-8-14)11-21-15-4-2-3-13(9-10-22)16(15)17(18)19/h2-8,22H,9-11H2,1H3,(H,18,19). The molecule has 0 saturated carbocycles. The van der Waals surface area contributed by atoms with Crippen LogP contribution in [0.2, 0.25) is 0 Å². The number of aryl methyl sites for hydroxylation is 1. The fraction of sp³-hybridized carbons (Fsp3) is 0.235. The maximum absolute atomic E-state index is 11.5. The van der Waals surface area contributed by atoms with Crippen molar-refractivity contribution < 1.29 is 19.4 Å². The summed E-state index contributed by atoms with van der Waals surface area (Å²) in [6.45, 7) is 0.300. The molecular weight excluding hydrogens is 300 g/mol. The average Bonchev–Trinajstić information content (AvgIpc) is 2.53. The highest BCUT2D eigenvalue weighted by Crippen LogP contribution is 2.24. The molecule has 116 valence electrons. The molecule has 5 heteroatoms. The van der Waals surface area contributed by atoms with Crippen LogP contribution in [0.4, 0.5) is 0 Å². The Hall–Kier alpha value is -2.14. The Kier molecular flexibility index (Phi) is 5.72. The second-order valence-corrected chi connectivity index (χ2v) is 5.15. The predicted molar refractivity (Wildman–Crippen MR) is 88.3 cm³/mol. The molecule has 0 saturated heterocycles. The second-order valence-electron chi connectivity index (χ2n) is 4.71. The highest BCUT2D eigenvalue weighted by molar-refractivity contribution is 7.80. The lowest BCUT2D eigenvalue weighted by atomic mass is 10.0. The van der Waals surface area contributed by atoms with Crippen LogP contribution in [-0.2, 0) is 13.0 Å².